The minimum Gasteiger partial charge on any atom is -0.771 e. The Kier molecular flexibility index (Phi) is 9.61. The van der Waals surface area contributed by atoms with Crippen molar-refractivity contribution >= 4 is 54.5 Å². The van der Waals surface area contributed by atoms with Gasteiger partial charge >= 0.3 is 0 Å². The molecule has 5 rings (SSSR count). The number of piperidine rings is 1. The molecule has 2 atom stereocenters. The highest BCUT2D eigenvalue weighted by atomic mass is 32.2. The van der Waals surface area contributed by atoms with E-state index in [1.807, 2.05) is 48.2 Å². The van der Waals surface area contributed by atoms with Crippen molar-refractivity contribution in [1.29, 1.82) is 0 Å². The number of rotatable bonds is 10. The first-order valence-corrected chi connectivity index (χ1v) is 17.8. The van der Waals surface area contributed by atoms with Gasteiger partial charge in [-0.25, -0.2) is 18.5 Å². The molecule has 10 nitrogen and oxygen atoms in total. The van der Waals surface area contributed by atoms with E-state index in [0.717, 1.165) is 60.4 Å². The number of benzene rings is 3. The van der Waals surface area contributed by atoms with Gasteiger partial charge in [-0.3, -0.25) is 13.8 Å². The van der Waals surface area contributed by atoms with Crippen LogP contribution in [-0.4, -0.2) is 64.3 Å². The van der Waals surface area contributed by atoms with Gasteiger partial charge in [0.2, 0.25) is 15.9 Å². The molecule has 1 fully saturated rings. The van der Waals surface area contributed by atoms with Crippen LogP contribution in [-0.2, 0) is 37.1 Å². The number of amides is 2. The van der Waals surface area contributed by atoms with Crippen molar-refractivity contribution in [2.75, 3.05) is 25.4 Å². The number of hydrogen-bond donors (Lipinski definition) is 2. The zero-order valence-electron chi connectivity index (χ0n) is 24.2. The third kappa shape index (κ3) is 6.92. The maximum Gasteiger partial charge on any atom is 0.253 e. The van der Waals surface area contributed by atoms with Crippen LogP contribution in [0.3, 0.4) is 0 Å². The highest BCUT2D eigenvalue weighted by molar-refractivity contribution is 7.89. The van der Waals surface area contributed by atoms with Gasteiger partial charge in [0, 0.05) is 31.6 Å². The lowest BCUT2D eigenvalue weighted by Crippen LogP contribution is -2.50. The fourth-order valence-electron chi connectivity index (χ4n) is 5.43. The third-order valence-corrected chi connectivity index (χ3v) is 11.0. The smallest absolute Gasteiger partial charge is 0.253 e. The lowest BCUT2D eigenvalue weighted by molar-refractivity contribution is -0.123. The first-order valence-electron chi connectivity index (χ1n) is 14.2. The van der Waals surface area contributed by atoms with Gasteiger partial charge in [0.1, 0.15) is 5.01 Å². The molecule has 3 aromatic carbocycles. The molecule has 2 unspecified atom stereocenters. The Morgan fingerprint density at radius 2 is 1.75 bits per heavy atom. The molecule has 3 N–H and O–H groups in total. The normalized spacial score (nSPS) is 15.9. The van der Waals surface area contributed by atoms with E-state index >= 15 is 0 Å². The lowest BCUT2D eigenvalue weighted by Gasteiger charge is -2.32. The summed E-state index contributed by atoms with van der Waals surface area (Å²) in [7, 11) is -3.88. The summed E-state index contributed by atoms with van der Waals surface area (Å²) in [5.74, 6) is -1.40. The van der Waals surface area contributed by atoms with Gasteiger partial charge in [0.25, 0.3) is 5.91 Å². The summed E-state index contributed by atoms with van der Waals surface area (Å²) in [6.45, 7) is 3.11. The number of fused-ring (bicyclic) bond motifs is 1. The monoisotopic (exact) mass is 653 g/mol. The van der Waals surface area contributed by atoms with Crippen molar-refractivity contribution in [2.45, 2.75) is 37.4 Å². The van der Waals surface area contributed by atoms with Gasteiger partial charge in [-0.1, -0.05) is 42.5 Å². The SMILES string of the molecule is Cc1cc2nc(C(Cc3ccccc3)(C(=O)NCCS(N)(=O)=O)S(=O)[O-])sc2cc1-c1ccc(C(=O)N2CCCCC2)cc1. The molecule has 232 valence electrons. The Bertz CT molecular complexity index is 1800. The predicted octanol–water partition coefficient (Wildman–Crippen LogP) is 3.62. The van der Waals surface area contributed by atoms with E-state index in [1.54, 1.807) is 30.3 Å². The van der Waals surface area contributed by atoms with Crippen LogP contribution in [0.1, 0.15) is 45.8 Å². The molecule has 0 aliphatic carbocycles. The van der Waals surface area contributed by atoms with E-state index in [4.69, 9.17) is 5.14 Å². The summed E-state index contributed by atoms with van der Waals surface area (Å²) >= 11 is -1.89. The molecule has 2 amide bonds. The van der Waals surface area contributed by atoms with E-state index in [-0.39, 0.29) is 23.9 Å². The summed E-state index contributed by atoms with van der Waals surface area (Å²) < 4.78 is 47.5. The fraction of sp³-hybridized carbons (Fsp3) is 0.323. The van der Waals surface area contributed by atoms with Gasteiger partial charge in [0.05, 0.1) is 16.0 Å². The zero-order valence-corrected chi connectivity index (χ0v) is 26.6. The van der Waals surface area contributed by atoms with Crippen LogP contribution in [0.25, 0.3) is 21.3 Å². The van der Waals surface area contributed by atoms with Crippen LogP contribution < -0.4 is 10.5 Å². The molecule has 0 spiro atoms. The topological polar surface area (TPSA) is 163 Å². The minimum absolute atomic E-state index is 0.0261. The summed E-state index contributed by atoms with van der Waals surface area (Å²) in [5, 5.41) is 7.60. The summed E-state index contributed by atoms with van der Waals surface area (Å²) in [5.41, 5.74) is 4.42. The first kappa shape index (κ1) is 31.9. The number of sulfonamides is 1. The molecule has 1 aliphatic heterocycles. The summed E-state index contributed by atoms with van der Waals surface area (Å²) in [4.78, 5) is 33.1. The Hall–Kier alpha value is -3.49. The van der Waals surface area contributed by atoms with Crippen LogP contribution in [0.4, 0.5) is 0 Å². The fourth-order valence-corrected chi connectivity index (χ4v) is 7.91. The second-order valence-corrected chi connectivity index (χ2v) is 14.9. The molecule has 0 radical (unpaired) electrons. The molecule has 2 heterocycles. The molecular weight excluding hydrogens is 621 g/mol. The number of likely N-dealkylation sites (tertiary alicyclic amines) is 1. The second kappa shape index (κ2) is 13.2. The highest BCUT2D eigenvalue weighted by Crippen LogP contribution is 2.39. The van der Waals surface area contributed by atoms with E-state index in [2.05, 4.69) is 10.3 Å². The van der Waals surface area contributed by atoms with Crippen molar-refractivity contribution in [3.8, 4) is 11.1 Å². The van der Waals surface area contributed by atoms with Gasteiger partial charge in [-0.05, 0) is 83.8 Å². The molecule has 44 heavy (non-hydrogen) atoms. The standard InChI is InChI=1S/C31H34N4O6S3/c1-21-18-26-27(19-25(21)23-10-12-24(13-11-23)28(36)35-15-6-3-7-16-35)42-30(34-26)31(43(38)39,20-22-8-4-2-5-9-22)29(37)33-14-17-44(32,40)41/h2,4-5,8-13,18-19H,3,6-7,14-17,20H2,1H3,(H,33,37)(H,38,39)(H2,32,40,41)/p-1. The average molecular weight is 654 g/mol. The maximum absolute atomic E-state index is 13.6. The number of nitrogens with one attached hydrogen (secondary N) is 1. The van der Waals surface area contributed by atoms with Crippen LogP contribution in [0.2, 0.25) is 0 Å². The summed E-state index contributed by atoms with van der Waals surface area (Å²) in [6.07, 6.45) is 2.97. The molecule has 1 aromatic heterocycles. The third-order valence-electron chi connectivity index (χ3n) is 7.79. The Balaban J connectivity index is 1.51. The van der Waals surface area contributed by atoms with Crippen LogP contribution in [0.5, 0.6) is 0 Å². The number of nitrogens with zero attached hydrogens (tertiary/aromatic N) is 2. The van der Waals surface area contributed by atoms with Crippen LogP contribution >= 0.6 is 11.3 Å². The van der Waals surface area contributed by atoms with Crippen molar-refractivity contribution in [2.24, 2.45) is 5.14 Å². The summed E-state index contributed by atoms with van der Waals surface area (Å²) in [6, 6.07) is 19.9. The molecule has 13 heteroatoms. The lowest BCUT2D eigenvalue weighted by atomic mass is 9.97. The number of carbonyl (C=O) groups is 2. The molecule has 1 aliphatic rings. The van der Waals surface area contributed by atoms with Crippen LogP contribution in [0, 0.1) is 6.92 Å². The minimum atomic E-state index is -3.88. The Morgan fingerprint density at radius 3 is 2.39 bits per heavy atom. The van der Waals surface area contributed by atoms with E-state index in [9.17, 15) is 26.8 Å². The Labute approximate surface area is 263 Å². The quantitative estimate of drug-likeness (QED) is 0.247. The largest absolute Gasteiger partial charge is 0.771 e. The molecule has 1 saturated heterocycles. The van der Waals surface area contributed by atoms with Crippen molar-refractivity contribution in [1.82, 2.24) is 15.2 Å². The number of thiazole rings is 1. The highest BCUT2D eigenvalue weighted by Gasteiger charge is 2.45. The number of aryl methyl sites for hydroxylation is 1. The van der Waals surface area contributed by atoms with Gasteiger partial charge in [-0.15, -0.1) is 11.3 Å². The van der Waals surface area contributed by atoms with Crippen LogP contribution in [0.15, 0.2) is 66.7 Å². The number of carbonyl (C=O) groups excluding carboxylic acids is 2. The number of hydrogen-bond acceptors (Lipinski definition) is 8. The van der Waals surface area contributed by atoms with E-state index in [1.165, 1.54) is 0 Å². The second-order valence-electron chi connectivity index (χ2n) is 10.9. The number of aromatic nitrogens is 1. The van der Waals surface area contributed by atoms with Gasteiger partial charge in [-0.2, -0.15) is 0 Å². The predicted molar refractivity (Wildman–Crippen MR) is 171 cm³/mol. The van der Waals surface area contributed by atoms with Gasteiger partial charge in [0.15, 0.2) is 4.75 Å². The molecular formula is C31H33N4O6S3-. The van der Waals surface area contributed by atoms with Crippen molar-refractivity contribution in [3.05, 3.63) is 88.4 Å². The van der Waals surface area contributed by atoms with Crippen molar-refractivity contribution < 1.29 is 26.8 Å². The average Bonchev–Trinajstić information content (AvgIpc) is 3.42. The molecule has 0 saturated carbocycles. The maximum atomic E-state index is 13.6. The van der Waals surface area contributed by atoms with Gasteiger partial charge < -0.3 is 14.8 Å². The molecule has 4 aromatic rings. The Morgan fingerprint density at radius 1 is 1.07 bits per heavy atom. The number of primary sulfonamides is 1. The van der Waals surface area contributed by atoms with E-state index in [0.29, 0.717) is 21.3 Å². The zero-order chi connectivity index (χ0) is 31.5. The number of nitrogens with two attached hydrogens (primary N) is 1. The first-order chi connectivity index (χ1) is 21.0. The molecule has 0 bridgehead atoms. The van der Waals surface area contributed by atoms with Crippen molar-refractivity contribution in [3.63, 3.8) is 0 Å². The van der Waals surface area contributed by atoms with E-state index < -0.39 is 37.5 Å².